The first-order valence-corrected chi connectivity index (χ1v) is 19.3. The summed E-state index contributed by atoms with van der Waals surface area (Å²) < 4.78 is 6.78. The molecule has 0 spiro atoms. The Labute approximate surface area is 333 Å². The van der Waals surface area contributed by atoms with Gasteiger partial charge in [0.05, 0.1) is 11.4 Å². The molecule has 0 aliphatic rings. The van der Waals surface area contributed by atoms with Gasteiger partial charge in [0.25, 0.3) is 0 Å². The Morgan fingerprint density at radius 2 is 1.09 bits per heavy atom. The third kappa shape index (κ3) is 7.27. The van der Waals surface area contributed by atoms with Crippen molar-refractivity contribution in [2.45, 2.75) is 12.8 Å². The fourth-order valence-corrected chi connectivity index (χ4v) is 7.76. The first kappa shape index (κ1) is 35.3. The molecule has 0 radical (unpaired) electrons. The molecule has 9 aromatic rings. The van der Waals surface area contributed by atoms with Crippen LogP contribution in [0.5, 0.6) is 0 Å². The zero-order valence-electron chi connectivity index (χ0n) is 31.7. The lowest BCUT2D eigenvalue weighted by molar-refractivity contribution is 0.575. The molecule has 0 fully saturated rings. The topological polar surface area (TPSA) is 38.9 Å². The van der Waals surface area contributed by atoms with Crippen molar-refractivity contribution >= 4 is 23.1 Å². The summed E-state index contributed by atoms with van der Waals surface area (Å²) in [4.78, 5) is 10.4. The second-order valence-electron chi connectivity index (χ2n) is 14.2. The second kappa shape index (κ2) is 15.8. The number of aryl methyl sites for hydroxylation is 1. The minimum Gasteiger partial charge on any atom is -0.456 e. The Balaban J connectivity index is 1.33. The maximum atomic E-state index is 6.78. The molecule has 3 heteroatoms. The zero-order chi connectivity index (χ0) is 38.6. The molecule has 0 bridgehead atoms. The molecular weight excluding hydrogens is 693 g/mol. The Morgan fingerprint density at radius 1 is 0.526 bits per heavy atom. The van der Waals surface area contributed by atoms with Crippen molar-refractivity contribution in [2.24, 2.45) is 0 Å². The summed E-state index contributed by atoms with van der Waals surface area (Å²) in [6, 6.07) is 65.8. The van der Waals surface area contributed by atoms with E-state index in [2.05, 4.69) is 171 Å². The molecule has 0 amide bonds. The van der Waals surface area contributed by atoms with E-state index in [9.17, 15) is 0 Å². The van der Waals surface area contributed by atoms with Crippen LogP contribution in [0.2, 0.25) is 0 Å². The van der Waals surface area contributed by atoms with Gasteiger partial charge in [0, 0.05) is 33.2 Å². The molecule has 57 heavy (non-hydrogen) atoms. The van der Waals surface area contributed by atoms with Crippen molar-refractivity contribution < 1.29 is 4.42 Å². The van der Waals surface area contributed by atoms with Crippen molar-refractivity contribution in [3.8, 4) is 56.2 Å². The van der Waals surface area contributed by atoms with Crippen LogP contribution in [0.15, 0.2) is 205 Å². The number of fused-ring (bicyclic) bond motifs is 1. The normalized spacial score (nSPS) is 12.5. The standard InChI is InChI=1S/C54H40N2O/c1-3-18-51-48(35-46(41-31-29-39(30-32-41)38-19-8-4-9-20-38)45-28-17-16-27-44(45)40-21-10-5-11-22-40)53-47(33-37(2)34-52(53)57-51)50-36-49(42-23-12-6-13-24-42)55-54(56-50)43-25-14-7-15-26-43/h3-36,46H,1H2,2H3/b48-35+,51-18+. The molecular formula is C54H40N2O. The molecule has 0 aliphatic carbocycles. The van der Waals surface area contributed by atoms with E-state index in [1.165, 1.54) is 33.4 Å². The predicted molar refractivity (Wildman–Crippen MR) is 237 cm³/mol. The Morgan fingerprint density at radius 3 is 1.75 bits per heavy atom. The van der Waals surface area contributed by atoms with E-state index in [1.54, 1.807) is 6.08 Å². The minimum absolute atomic E-state index is 0.136. The van der Waals surface area contributed by atoms with E-state index in [4.69, 9.17) is 14.4 Å². The highest BCUT2D eigenvalue weighted by atomic mass is 16.3. The van der Waals surface area contributed by atoms with E-state index < -0.39 is 0 Å². The average Bonchev–Trinajstić information content (AvgIpc) is 3.62. The van der Waals surface area contributed by atoms with Crippen molar-refractivity contribution in [2.75, 3.05) is 0 Å². The summed E-state index contributed by atoms with van der Waals surface area (Å²) >= 11 is 0. The maximum absolute atomic E-state index is 6.78. The number of furan rings is 1. The van der Waals surface area contributed by atoms with Crippen LogP contribution in [0.25, 0.3) is 79.3 Å². The van der Waals surface area contributed by atoms with E-state index in [-0.39, 0.29) is 5.92 Å². The van der Waals surface area contributed by atoms with Crippen molar-refractivity contribution in [1.29, 1.82) is 0 Å². The van der Waals surface area contributed by atoms with Gasteiger partial charge in [-0.2, -0.15) is 0 Å². The molecule has 0 saturated carbocycles. The monoisotopic (exact) mass is 732 g/mol. The smallest absolute Gasteiger partial charge is 0.160 e. The van der Waals surface area contributed by atoms with Gasteiger partial charge in [-0.05, 0) is 70.1 Å². The van der Waals surface area contributed by atoms with Crippen molar-refractivity contribution in [3.63, 3.8) is 0 Å². The van der Waals surface area contributed by atoms with E-state index in [0.717, 1.165) is 55.2 Å². The van der Waals surface area contributed by atoms with Gasteiger partial charge >= 0.3 is 0 Å². The number of rotatable bonds is 9. The Hall–Kier alpha value is -7.36. The van der Waals surface area contributed by atoms with E-state index >= 15 is 0 Å². The molecule has 2 heterocycles. The van der Waals surface area contributed by atoms with Gasteiger partial charge in [0.1, 0.15) is 11.0 Å². The number of hydrogen-bond acceptors (Lipinski definition) is 3. The first-order valence-electron chi connectivity index (χ1n) is 19.3. The lowest BCUT2D eigenvalue weighted by Gasteiger charge is -2.19. The minimum atomic E-state index is -0.136. The molecule has 0 N–H and O–H groups in total. The number of hydrogen-bond donors (Lipinski definition) is 0. The molecule has 9 rings (SSSR count). The van der Waals surface area contributed by atoms with Gasteiger partial charge < -0.3 is 4.42 Å². The number of benzene rings is 7. The highest BCUT2D eigenvalue weighted by Gasteiger charge is 2.21. The molecule has 0 aliphatic heterocycles. The van der Waals surface area contributed by atoms with Crippen LogP contribution in [0.4, 0.5) is 0 Å². The van der Waals surface area contributed by atoms with Crippen molar-refractivity contribution in [1.82, 2.24) is 9.97 Å². The quantitative estimate of drug-likeness (QED) is 0.148. The molecule has 7 aromatic carbocycles. The van der Waals surface area contributed by atoms with E-state index in [0.29, 0.717) is 5.82 Å². The molecule has 272 valence electrons. The molecule has 0 saturated heterocycles. The maximum Gasteiger partial charge on any atom is 0.160 e. The van der Waals surface area contributed by atoms with Gasteiger partial charge in [0.15, 0.2) is 5.82 Å². The van der Waals surface area contributed by atoms with Crippen LogP contribution < -0.4 is 10.6 Å². The van der Waals surface area contributed by atoms with Crippen molar-refractivity contribution in [3.05, 3.63) is 228 Å². The van der Waals surface area contributed by atoms with Gasteiger partial charge in [-0.25, -0.2) is 9.97 Å². The molecule has 3 nitrogen and oxygen atoms in total. The number of aromatic nitrogens is 2. The summed E-state index contributed by atoms with van der Waals surface area (Å²) in [5, 5.41) is 1.98. The highest BCUT2D eigenvalue weighted by molar-refractivity contribution is 5.96. The van der Waals surface area contributed by atoms with Crippen LogP contribution in [0.1, 0.15) is 22.6 Å². The summed E-state index contributed by atoms with van der Waals surface area (Å²) in [6.45, 7) is 6.20. The van der Waals surface area contributed by atoms with Crippen LogP contribution in [-0.4, -0.2) is 9.97 Å². The highest BCUT2D eigenvalue weighted by Crippen LogP contribution is 2.37. The van der Waals surface area contributed by atoms with Crippen LogP contribution in [-0.2, 0) is 0 Å². The van der Waals surface area contributed by atoms with Crippen LogP contribution >= 0.6 is 0 Å². The number of allylic oxidation sites excluding steroid dienone is 1. The molecule has 1 atom stereocenters. The van der Waals surface area contributed by atoms with Gasteiger partial charge in [0.2, 0.25) is 0 Å². The van der Waals surface area contributed by atoms with Crippen LogP contribution in [0, 0.1) is 6.92 Å². The SMILES string of the molecule is C=C/C=c1/oc2cc(C)cc(-c3cc(-c4ccccc4)nc(-c4ccccc4)n3)c2/c1=C/C(c1ccc(-c2ccccc2)cc1)c1ccccc1-c1ccccc1. The zero-order valence-corrected chi connectivity index (χ0v) is 31.7. The Bertz CT molecular complexity index is 2890. The largest absolute Gasteiger partial charge is 0.456 e. The third-order valence-electron chi connectivity index (χ3n) is 10.5. The lowest BCUT2D eigenvalue weighted by Crippen LogP contribution is -2.22. The van der Waals surface area contributed by atoms with Crippen LogP contribution in [0.3, 0.4) is 0 Å². The molecule has 2 aromatic heterocycles. The Kier molecular flexibility index (Phi) is 9.79. The predicted octanol–water partition coefficient (Wildman–Crippen LogP) is 12.4. The number of nitrogens with zero attached hydrogens (tertiary/aromatic N) is 2. The van der Waals surface area contributed by atoms with E-state index in [1.807, 2.05) is 42.5 Å². The fourth-order valence-electron chi connectivity index (χ4n) is 7.76. The first-order chi connectivity index (χ1) is 28.1. The average molecular weight is 733 g/mol. The summed E-state index contributed by atoms with van der Waals surface area (Å²) in [5.74, 6) is 0.532. The van der Waals surface area contributed by atoms with Gasteiger partial charge in [-0.15, -0.1) is 0 Å². The third-order valence-corrected chi connectivity index (χ3v) is 10.5. The summed E-state index contributed by atoms with van der Waals surface area (Å²) in [5.41, 5.74) is 14.3. The second-order valence-corrected chi connectivity index (χ2v) is 14.2. The lowest BCUT2D eigenvalue weighted by atomic mass is 9.84. The van der Waals surface area contributed by atoms with Gasteiger partial charge in [-0.1, -0.05) is 189 Å². The molecule has 1 unspecified atom stereocenters. The van der Waals surface area contributed by atoms with Gasteiger partial charge in [-0.3, -0.25) is 0 Å². The summed E-state index contributed by atoms with van der Waals surface area (Å²) in [7, 11) is 0. The fraction of sp³-hybridized carbons (Fsp3) is 0.0370. The summed E-state index contributed by atoms with van der Waals surface area (Å²) in [6.07, 6.45) is 6.14.